The van der Waals surface area contributed by atoms with Gasteiger partial charge in [-0.1, -0.05) is 12.1 Å². The topological polar surface area (TPSA) is 48.3 Å². The van der Waals surface area contributed by atoms with Crippen LogP contribution < -0.4 is 0 Å². The fourth-order valence-electron chi connectivity index (χ4n) is 2.99. The minimum absolute atomic E-state index is 0.0453. The zero-order chi connectivity index (χ0) is 16.4. The van der Waals surface area contributed by atoms with Gasteiger partial charge in [0.2, 0.25) is 0 Å². The molecule has 0 spiro atoms. The Bertz CT molecular complexity index is 746. The van der Waals surface area contributed by atoms with Crippen LogP contribution in [0.4, 0.5) is 4.39 Å². The number of aromatic nitrogens is 1. The van der Waals surface area contributed by atoms with Crippen molar-refractivity contribution >= 4 is 11.8 Å². The monoisotopic (exact) mass is 315 g/mol. The fraction of sp³-hybridized carbons (Fsp3) is 0.333. The number of aryl methyl sites for hydroxylation is 1. The minimum Gasteiger partial charge on any atom is -0.461 e. The maximum atomic E-state index is 13.1. The lowest BCUT2D eigenvalue weighted by Gasteiger charge is -2.16. The Morgan fingerprint density at radius 2 is 2.00 bits per heavy atom. The highest BCUT2D eigenvalue weighted by Gasteiger charge is 2.27. The van der Waals surface area contributed by atoms with E-state index in [9.17, 15) is 14.0 Å². The highest BCUT2D eigenvalue weighted by Crippen LogP contribution is 2.26. The molecule has 5 heteroatoms. The van der Waals surface area contributed by atoms with Crippen molar-refractivity contribution in [1.29, 1.82) is 0 Å². The number of Topliss-reactive ketones (excluding diaryl/α,β-unsaturated/α-hetero) is 1. The highest BCUT2D eigenvalue weighted by molar-refractivity contribution is 6.00. The molecule has 0 aliphatic heterocycles. The lowest BCUT2D eigenvalue weighted by atomic mass is 9.97. The third-order valence-electron chi connectivity index (χ3n) is 4.03. The summed E-state index contributed by atoms with van der Waals surface area (Å²) >= 11 is 0. The van der Waals surface area contributed by atoms with Crippen LogP contribution in [0.2, 0.25) is 0 Å². The van der Waals surface area contributed by atoms with Gasteiger partial charge in [-0.3, -0.25) is 4.79 Å². The Labute approximate surface area is 133 Å². The number of hydrogen-bond acceptors (Lipinski definition) is 3. The van der Waals surface area contributed by atoms with Gasteiger partial charge in [0.15, 0.2) is 5.78 Å². The number of ketones is 1. The van der Waals surface area contributed by atoms with Crippen molar-refractivity contribution < 1.29 is 18.7 Å². The Hall–Kier alpha value is -2.43. The smallest absolute Gasteiger partial charge is 0.354 e. The third-order valence-corrected chi connectivity index (χ3v) is 4.03. The van der Waals surface area contributed by atoms with Gasteiger partial charge in [-0.15, -0.1) is 0 Å². The molecule has 1 aliphatic rings. The van der Waals surface area contributed by atoms with Crippen molar-refractivity contribution in [2.24, 2.45) is 0 Å². The Kier molecular flexibility index (Phi) is 4.28. The maximum absolute atomic E-state index is 13.1. The first-order valence-corrected chi connectivity index (χ1v) is 7.77. The van der Waals surface area contributed by atoms with Crippen molar-refractivity contribution in [3.8, 4) is 0 Å². The third kappa shape index (κ3) is 3.04. The number of hydrogen-bond donors (Lipinski definition) is 0. The van der Waals surface area contributed by atoms with Crippen LogP contribution >= 0.6 is 0 Å². The predicted octanol–water partition coefficient (Wildman–Crippen LogP) is 3.37. The number of halogens is 1. The van der Waals surface area contributed by atoms with Crippen LogP contribution in [0.15, 0.2) is 30.3 Å². The molecule has 1 heterocycles. The number of ether oxygens (including phenoxy) is 1. The van der Waals surface area contributed by atoms with Gasteiger partial charge < -0.3 is 9.30 Å². The summed E-state index contributed by atoms with van der Waals surface area (Å²) in [5, 5.41) is 0. The molecule has 4 nitrogen and oxygen atoms in total. The summed E-state index contributed by atoms with van der Waals surface area (Å²) in [5.41, 5.74) is 2.69. The van der Waals surface area contributed by atoms with E-state index in [2.05, 4.69) is 0 Å². The number of benzene rings is 1. The van der Waals surface area contributed by atoms with E-state index in [0.717, 1.165) is 24.0 Å². The SMILES string of the molecule is CCOC(=O)c1cc2c(n1Cc1ccc(F)cc1)C(=O)CCC2. The molecule has 0 atom stereocenters. The summed E-state index contributed by atoms with van der Waals surface area (Å²) in [6, 6.07) is 7.82. The van der Waals surface area contributed by atoms with Gasteiger partial charge in [0.05, 0.1) is 12.3 Å². The molecular formula is C18H18FNO3. The molecular weight excluding hydrogens is 297 g/mol. The maximum Gasteiger partial charge on any atom is 0.354 e. The molecule has 0 saturated carbocycles. The van der Waals surface area contributed by atoms with Crippen molar-refractivity contribution in [1.82, 2.24) is 4.57 Å². The Morgan fingerprint density at radius 1 is 1.26 bits per heavy atom. The second-order valence-electron chi connectivity index (χ2n) is 5.61. The van der Waals surface area contributed by atoms with Crippen molar-refractivity contribution in [3.63, 3.8) is 0 Å². The first-order chi connectivity index (χ1) is 11.1. The molecule has 0 saturated heterocycles. The first kappa shape index (κ1) is 15.5. The number of esters is 1. The Balaban J connectivity index is 2.04. The average molecular weight is 315 g/mol. The van der Waals surface area contributed by atoms with Crippen LogP contribution in [0.25, 0.3) is 0 Å². The normalized spacial score (nSPS) is 13.7. The zero-order valence-electron chi connectivity index (χ0n) is 13.0. The molecule has 0 fully saturated rings. The lowest BCUT2D eigenvalue weighted by molar-refractivity contribution is 0.0514. The minimum atomic E-state index is -0.434. The predicted molar refractivity (Wildman–Crippen MR) is 83.2 cm³/mol. The number of rotatable bonds is 4. The molecule has 0 amide bonds. The van der Waals surface area contributed by atoms with E-state index in [4.69, 9.17) is 4.74 Å². The quantitative estimate of drug-likeness (QED) is 0.813. The van der Waals surface area contributed by atoms with Gasteiger partial charge in [0.25, 0.3) is 0 Å². The van der Waals surface area contributed by atoms with E-state index in [1.165, 1.54) is 12.1 Å². The van der Waals surface area contributed by atoms with Gasteiger partial charge >= 0.3 is 5.97 Å². The molecule has 120 valence electrons. The molecule has 1 aliphatic carbocycles. The largest absolute Gasteiger partial charge is 0.461 e. The van der Waals surface area contributed by atoms with E-state index < -0.39 is 5.97 Å². The summed E-state index contributed by atoms with van der Waals surface area (Å²) in [6.45, 7) is 2.37. The van der Waals surface area contributed by atoms with E-state index >= 15 is 0 Å². The van der Waals surface area contributed by atoms with Crippen molar-refractivity contribution in [3.05, 3.63) is 58.7 Å². The van der Waals surface area contributed by atoms with Gasteiger partial charge in [-0.25, -0.2) is 9.18 Å². The first-order valence-electron chi connectivity index (χ1n) is 7.77. The molecule has 23 heavy (non-hydrogen) atoms. The molecule has 3 rings (SSSR count). The Morgan fingerprint density at radius 3 is 2.70 bits per heavy atom. The number of carbonyl (C=O) groups excluding carboxylic acids is 2. The second kappa shape index (κ2) is 6.36. The van der Waals surface area contributed by atoms with Crippen molar-refractivity contribution in [2.75, 3.05) is 6.61 Å². The number of nitrogens with zero attached hydrogens (tertiary/aromatic N) is 1. The molecule has 0 bridgehead atoms. The van der Waals surface area contributed by atoms with Crippen LogP contribution in [0.1, 0.15) is 51.9 Å². The average Bonchev–Trinajstić information content (AvgIpc) is 2.90. The van der Waals surface area contributed by atoms with Crippen LogP contribution in [0.3, 0.4) is 0 Å². The van der Waals surface area contributed by atoms with E-state index in [-0.39, 0.29) is 18.2 Å². The molecule has 0 radical (unpaired) electrons. The summed E-state index contributed by atoms with van der Waals surface area (Å²) < 4.78 is 19.9. The van der Waals surface area contributed by atoms with Crippen molar-refractivity contribution in [2.45, 2.75) is 32.7 Å². The highest BCUT2D eigenvalue weighted by atomic mass is 19.1. The lowest BCUT2D eigenvalue weighted by Crippen LogP contribution is -2.19. The molecule has 2 aromatic rings. The van der Waals surface area contributed by atoms with Crippen LogP contribution in [0.5, 0.6) is 0 Å². The van der Waals surface area contributed by atoms with Gasteiger partial charge in [0, 0.05) is 13.0 Å². The van der Waals surface area contributed by atoms with Gasteiger partial charge in [-0.2, -0.15) is 0 Å². The number of fused-ring (bicyclic) bond motifs is 1. The van der Waals surface area contributed by atoms with E-state index in [1.807, 2.05) is 0 Å². The number of carbonyl (C=O) groups is 2. The summed E-state index contributed by atoms with van der Waals surface area (Å²) in [5.74, 6) is -0.703. The van der Waals surface area contributed by atoms with Gasteiger partial charge in [-0.05, 0) is 49.1 Å². The standard InChI is InChI=1S/C18H18FNO3/c1-2-23-18(22)15-10-13-4-3-5-16(21)17(13)20(15)11-12-6-8-14(19)9-7-12/h6-10H,2-5,11H2,1H3. The molecule has 1 aromatic heterocycles. The summed E-state index contributed by atoms with van der Waals surface area (Å²) in [6.07, 6.45) is 2.07. The molecule has 0 N–H and O–H groups in total. The zero-order valence-corrected chi connectivity index (χ0v) is 13.0. The van der Waals surface area contributed by atoms with Gasteiger partial charge in [0.1, 0.15) is 11.5 Å². The van der Waals surface area contributed by atoms with E-state index in [1.54, 1.807) is 29.7 Å². The summed E-state index contributed by atoms with van der Waals surface area (Å²) in [7, 11) is 0. The second-order valence-corrected chi connectivity index (χ2v) is 5.61. The van der Waals surface area contributed by atoms with Crippen LogP contribution in [-0.2, 0) is 17.7 Å². The molecule has 0 unspecified atom stereocenters. The van der Waals surface area contributed by atoms with Crippen LogP contribution in [-0.4, -0.2) is 22.9 Å². The fourth-order valence-corrected chi connectivity index (χ4v) is 2.99. The van der Waals surface area contributed by atoms with E-state index in [0.29, 0.717) is 24.4 Å². The van der Waals surface area contributed by atoms with Crippen LogP contribution in [0, 0.1) is 5.82 Å². The summed E-state index contributed by atoms with van der Waals surface area (Å²) in [4.78, 5) is 24.5. The molecule has 1 aromatic carbocycles.